The molecule has 8 atom stereocenters. The molecule has 8 rings (SSSR count). The second kappa shape index (κ2) is 15.3. The van der Waals surface area contributed by atoms with Crippen LogP contribution in [-0.2, 0) is 9.53 Å². The van der Waals surface area contributed by atoms with Crippen LogP contribution in [0.15, 0.2) is 57.3 Å². The van der Waals surface area contributed by atoms with E-state index in [9.17, 15) is 9.59 Å². The molecule has 1 aliphatic heterocycles. The largest absolute Gasteiger partial charge is 0.490 e. The van der Waals surface area contributed by atoms with Gasteiger partial charge in [-0.1, -0.05) is 71.6 Å². The van der Waals surface area contributed by atoms with Crippen LogP contribution in [0.3, 0.4) is 0 Å². The van der Waals surface area contributed by atoms with Gasteiger partial charge in [0.1, 0.15) is 23.2 Å². The number of rotatable bonds is 10. The van der Waals surface area contributed by atoms with E-state index in [0.717, 1.165) is 61.2 Å². The van der Waals surface area contributed by atoms with Gasteiger partial charge < -0.3 is 23.4 Å². The van der Waals surface area contributed by atoms with E-state index in [4.69, 9.17) is 23.4 Å². The molecule has 0 spiro atoms. The van der Waals surface area contributed by atoms with E-state index in [-0.39, 0.29) is 29.5 Å². The Morgan fingerprint density at radius 3 is 2.56 bits per heavy atom. The Labute approximate surface area is 327 Å². The second-order valence-electron chi connectivity index (χ2n) is 18.7. The fraction of sp³-hybridized carbons (Fsp3) is 0.625. The lowest BCUT2D eigenvalue weighted by Gasteiger charge is -2.58. The molecule has 7 heteroatoms. The summed E-state index contributed by atoms with van der Waals surface area (Å²) in [6, 6.07) is 10.6. The van der Waals surface area contributed by atoms with Crippen LogP contribution < -0.4 is 19.6 Å². The Bertz CT molecular complexity index is 1990. The third kappa shape index (κ3) is 7.23. The summed E-state index contributed by atoms with van der Waals surface area (Å²) in [6.45, 7) is 15.2. The molecule has 0 N–H and O–H groups in total. The smallest absolute Gasteiger partial charge is 0.344 e. The molecule has 4 aliphatic carbocycles. The van der Waals surface area contributed by atoms with E-state index in [1.54, 1.807) is 25.1 Å². The van der Waals surface area contributed by atoms with Gasteiger partial charge in [-0.05, 0) is 128 Å². The first-order valence-corrected chi connectivity index (χ1v) is 21.4. The average molecular weight is 751 g/mol. The van der Waals surface area contributed by atoms with Crippen molar-refractivity contribution in [2.24, 2.45) is 46.3 Å². The molecular weight excluding hydrogens is 689 g/mol. The van der Waals surface area contributed by atoms with E-state index < -0.39 is 0 Å². The fourth-order valence-electron chi connectivity index (χ4n) is 12.1. The van der Waals surface area contributed by atoms with Crippen LogP contribution in [0.5, 0.6) is 17.2 Å². The summed E-state index contributed by atoms with van der Waals surface area (Å²) >= 11 is 0. The Morgan fingerprint density at radius 2 is 1.75 bits per heavy atom. The first kappa shape index (κ1) is 38.1. The summed E-state index contributed by atoms with van der Waals surface area (Å²) in [5, 5.41) is 0.442. The van der Waals surface area contributed by atoms with Crippen LogP contribution in [-0.4, -0.2) is 31.9 Å². The molecule has 3 fully saturated rings. The number of esters is 1. The number of allylic oxidation sites excluding steroid dienone is 1. The van der Waals surface area contributed by atoms with Gasteiger partial charge in [-0.2, -0.15) is 0 Å². The van der Waals surface area contributed by atoms with E-state index >= 15 is 0 Å². The summed E-state index contributed by atoms with van der Waals surface area (Å²) in [6.07, 6.45) is 16.9. The molecule has 0 amide bonds. The zero-order valence-corrected chi connectivity index (χ0v) is 34.0. The second-order valence-corrected chi connectivity index (χ2v) is 18.7. The normalized spacial score (nSPS) is 30.5. The number of fused-ring (bicyclic) bond motifs is 7. The molecule has 5 aliphatic rings. The predicted octanol–water partition coefficient (Wildman–Crippen LogP) is 11.3. The van der Waals surface area contributed by atoms with Gasteiger partial charge >= 0.3 is 5.97 Å². The summed E-state index contributed by atoms with van der Waals surface area (Å²) in [4.78, 5) is 26.8. The van der Waals surface area contributed by atoms with Crippen LogP contribution in [0.1, 0.15) is 117 Å². The highest BCUT2D eigenvalue weighted by Crippen LogP contribution is 2.67. The molecule has 0 saturated heterocycles. The van der Waals surface area contributed by atoms with Crippen molar-refractivity contribution in [1.82, 2.24) is 0 Å². The molecule has 0 unspecified atom stereocenters. The molecule has 7 nitrogen and oxygen atoms in total. The van der Waals surface area contributed by atoms with Gasteiger partial charge in [-0.15, -0.1) is 0 Å². The quantitative estimate of drug-likeness (QED) is 0.151. The zero-order valence-electron chi connectivity index (χ0n) is 34.0. The molecule has 2 aromatic carbocycles. The third-order valence-corrected chi connectivity index (χ3v) is 15.0. The molecule has 1 aromatic heterocycles. The number of aryl methyl sites for hydroxylation is 1. The summed E-state index contributed by atoms with van der Waals surface area (Å²) < 4.78 is 29.7. The fourth-order valence-corrected chi connectivity index (χ4v) is 12.1. The van der Waals surface area contributed by atoms with Gasteiger partial charge in [0, 0.05) is 18.9 Å². The Morgan fingerprint density at radius 1 is 0.927 bits per heavy atom. The Kier molecular flexibility index (Phi) is 10.6. The van der Waals surface area contributed by atoms with Crippen molar-refractivity contribution in [3.63, 3.8) is 0 Å². The first-order valence-electron chi connectivity index (χ1n) is 21.4. The van der Waals surface area contributed by atoms with Crippen LogP contribution in [0.25, 0.3) is 22.1 Å². The minimum Gasteiger partial charge on any atom is -0.490 e. The lowest BCUT2D eigenvalue weighted by molar-refractivity contribution is -0.153. The van der Waals surface area contributed by atoms with E-state index in [1.807, 2.05) is 18.2 Å². The van der Waals surface area contributed by atoms with Crippen molar-refractivity contribution in [2.45, 2.75) is 125 Å². The number of carbonyl (C=O) groups excluding carboxylic acids is 1. The molecule has 55 heavy (non-hydrogen) atoms. The van der Waals surface area contributed by atoms with Gasteiger partial charge in [-0.3, -0.25) is 4.79 Å². The van der Waals surface area contributed by atoms with Crippen molar-refractivity contribution in [3.8, 4) is 28.4 Å². The Balaban J connectivity index is 0.878. The maximum Gasteiger partial charge on any atom is 0.344 e. The number of benzene rings is 2. The highest BCUT2D eigenvalue weighted by atomic mass is 16.6. The number of hydrogen-bond donors (Lipinski definition) is 0. The van der Waals surface area contributed by atoms with E-state index in [1.165, 1.54) is 56.9 Å². The van der Waals surface area contributed by atoms with E-state index in [2.05, 4.69) is 40.7 Å². The predicted molar refractivity (Wildman–Crippen MR) is 217 cm³/mol. The van der Waals surface area contributed by atoms with Crippen LogP contribution >= 0.6 is 0 Å². The minimum atomic E-state index is -0.363. The van der Waals surface area contributed by atoms with Gasteiger partial charge in [-0.25, -0.2) is 4.79 Å². The highest BCUT2D eigenvalue weighted by molar-refractivity contribution is 5.84. The lowest BCUT2D eigenvalue weighted by atomic mass is 9.47. The summed E-state index contributed by atoms with van der Waals surface area (Å²) in [5.74, 6) is 6.75. The van der Waals surface area contributed by atoms with Crippen LogP contribution in [0.4, 0.5) is 0 Å². The maximum atomic E-state index is 13.7. The van der Waals surface area contributed by atoms with Gasteiger partial charge in [0.2, 0.25) is 5.43 Å². The third-order valence-electron chi connectivity index (χ3n) is 15.0. The molecule has 3 aromatic rings. The highest BCUT2D eigenvalue weighted by Gasteiger charge is 2.59. The summed E-state index contributed by atoms with van der Waals surface area (Å²) in [5.41, 5.74) is 3.69. The average Bonchev–Trinajstić information content (AvgIpc) is 3.34. The van der Waals surface area contributed by atoms with Crippen LogP contribution in [0.2, 0.25) is 0 Å². The number of carbonyl (C=O) groups is 1. The molecule has 0 bridgehead atoms. The molecule has 0 radical (unpaired) electrons. The van der Waals surface area contributed by atoms with Crippen molar-refractivity contribution in [1.29, 1.82) is 0 Å². The Hall–Kier alpha value is -3.74. The van der Waals surface area contributed by atoms with Gasteiger partial charge in [0.05, 0.1) is 24.2 Å². The first-order chi connectivity index (χ1) is 26.4. The zero-order chi connectivity index (χ0) is 38.5. The molecule has 2 heterocycles. The monoisotopic (exact) mass is 750 g/mol. The minimum absolute atomic E-state index is 0.121. The van der Waals surface area contributed by atoms with Crippen molar-refractivity contribution in [3.05, 3.63) is 64.0 Å². The number of ether oxygens (including phenoxy) is 4. The SMILES string of the molecule is Cc1oc2cc(OCC(=O)O[C@H]3CC[C@@]4(C)C(=CC[C@@H]5[C@H]6CC[C@@H]([C@H](C)CCCC(C)C)[C@@]6(C)CC[C@H]54)C3)ccc2c(=O)c1-c1ccc2c(c1)OCCCO2. The van der Waals surface area contributed by atoms with Gasteiger partial charge in [0.15, 0.2) is 18.1 Å². The molecular formula is C48H62O7. The van der Waals surface area contributed by atoms with Crippen LogP contribution in [0, 0.1) is 53.3 Å². The van der Waals surface area contributed by atoms with Crippen molar-refractivity contribution < 1.29 is 28.2 Å². The van der Waals surface area contributed by atoms with Crippen molar-refractivity contribution >= 4 is 16.9 Å². The van der Waals surface area contributed by atoms with E-state index in [0.29, 0.717) is 63.7 Å². The summed E-state index contributed by atoms with van der Waals surface area (Å²) in [7, 11) is 0. The van der Waals surface area contributed by atoms with Crippen molar-refractivity contribution in [2.75, 3.05) is 19.8 Å². The topological polar surface area (TPSA) is 84.2 Å². The maximum absolute atomic E-state index is 13.7. The molecule has 296 valence electrons. The lowest BCUT2D eigenvalue weighted by Crippen LogP contribution is -2.51. The number of hydrogen-bond acceptors (Lipinski definition) is 7. The standard InChI is InChI=1S/C48H62O7/c1-29(2)9-7-10-30(3)38-16-17-39-36-14-12-33-26-35(19-21-47(33,5)40(36)20-22-48(38,39)6)55-44(49)28-53-34-13-15-37-42(27-34)54-31(4)45(46(37)50)32-11-18-41-43(25-32)52-24-8-23-51-41/h11-13,15,18,25,27,29-30,35-36,38-40H,7-10,14,16-17,19-24,26,28H2,1-6H3/t30-,35+,36-,38+,39-,40-,47+,48-/m1/s1. The molecule has 3 saturated carbocycles. The van der Waals surface area contributed by atoms with Gasteiger partial charge in [0.25, 0.3) is 0 Å².